The first-order chi connectivity index (χ1) is 13.3. The molecular formula is C20H26F3NO4. The van der Waals surface area contributed by atoms with Crippen LogP contribution >= 0.6 is 0 Å². The summed E-state index contributed by atoms with van der Waals surface area (Å²) in [4.78, 5) is 21.7. The smallest absolute Gasteiger partial charge is 0.491 e. The average molecular weight is 401 g/mol. The van der Waals surface area contributed by atoms with Gasteiger partial charge in [-0.05, 0) is 49.4 Å². The minimum Gasteiger partial charge on any atom is -0.493 e. The number of hydrogen-bond acceptors (Lipinski definition) is 5. The summed E-state index contributed by atoms with van der Waals surface area (Å²) in [6, 6.07) is 7.79. The molecule has 0 spiro atoms. The largest absolute Gasteiger partial charge is 0.493 e. The van der Waals surface area contributed by atoms with Gasteiger partial charge < -0.3 is 14.8 Å². The number of alkyl halides is 3. The van der Waals surface area contributed by atoms with Crippen LogP contribution in [-0.4, -0.2) is 37.8 Å². The van der Waals surface area contributed by atoms with Crippen LogP contribution in [0.5, 0.6) is 5.75 Å². The number of hydrogen-bond donors (Lipinski definition) is 1. The third kappa shape index (κ3) is 8.29. The van der Waals surface area contributed by atoms with Crippen LogP contribution in [0.3, 0.4) is 0 Å². The summed E-state index contributed by atoms with van der Waals surface area (Å²) in [7, 11) is 0. The van der Waals surface area contributed by atoms with Crippen molar-refractivity contribution in [3.8, 4) is 5.75 Å². The molecule has 1 aromatic rings. The number of nitrogens with one attached hydrogen (secondary N) is 1. The quantitative estimate of drug-likeness (QED) is 0.387. The highest BCUT2D eigenvalue weighted by Crippen LogP contribution is 2.24. The van der Waals surface area contributed by atoms with Crippen LogP contribution in [-0.2, 0) is 20.7 Å². The Labute approximate surface area is 162 Å². The van der Waals surface area contributed by atoms with Crippen LogP contribution in [0.2, 0.25) is 0 Å². The van der Waals surface area contributed by atoms with Gasteiger partial charge in [-0.15, -0.1) is 0 Å². The Morgan fingerprint density at radius 2 is 1.71 bits per heavy atom. The minimum atomic E-state index is -5.16. The van der Waals surface area contributed by atoms with Crippen LogP contribution in [0.1, 0.15) is 44.1 Å². The lowest BCUT2D eigenvalue weighted by Crippen LogP contribution is -2.29. The second kappa shape index (κ2) is 11.0. The number of benzene rings is 1. The first-order valence-electron chi connectivity index (χ1n) is 9.59. The lowest BCUT2D eigenvalue weighted by Gasteiger charge is -2.21. The van der Waals surface area contributed by atoms with Gasteiger partial charge >= 0.3 is 18.1 Å². The van der Waals surface area contributed by atoms with E-state index in [2.05, 4.69) is 10.1 Å². The Hall–Kier alpha value is -2.09. The SMILES string of the molecule is O=C(CCNCCc1ccc(OCC2CCCCC2)cc1)OC(=O)C(F)(F)F. The molecule has 156 valence electrons. The predicted octanol–water partition coefficient (Wildman–Crippen LogP) is 3.80. The van der Waals surface area contributed by atoms with E-state index in [0.29, 0.717) is 18.9 Å². The van der Waals surface area contributed by atoms with E-state index >= 15 is 0 Å². The van der Waals surface area contributed by atoms with E-state index in [1.54, 1.807) is 0 Å². The maximum absolute atomic E-state index is 12.0. The highest BCUT2D eigenvalue weighted by atomic mass is 19.4. The summed E-state index contributed by atoms with van der Waals surface area (Å²) in [6.07, 6.45) is 1.60. The molecule has 0 atom stereocenters. The standard InChI is InChI=1S/C20H26F3NO4/c21-20(22,23)19(26)28-18(25)11-13-24-12-10-15-6-8-17(9-7-15)27-14-16-4-2-1-3-5-16/h6-9,16,24H,1-5,10-14H2. The van der Waals surface area contributed by atoms with Crippen molar-refractivity contribution in [1.82, 2.24) is 5.32 Å². The summed E-state index contributed by atoms with van der Waals surface area (Å²) in [5, 5.41) is 2.93. The van der Waals surface area contributed by atoms with Gasteiger partial charge in [0.15, 0.2) is 0 Å². The molecule has 0 radical (unpaired) electrons. The molecular weight excluding hydrogens is 375 g/mol. The van der Waals surface area contributed by atoms with Crippen molar-refractivity contribution >= 4 is 11.9 Å². The van der Waals surface area contributed by atoms with Crippen molar-refractivity contribution in [3.05, 3.63) is 29.8 Å². The normalized spacial score (nSPS) is 15.2. The molecule has 0 saturated heterocycles. The fraction of sp³-hybridized carbons (Fsp3) is 0.600. The number of halogens is 3. The highest BCUT2D eigenvalue weighted by Gasteiger charge is 2.42. The zero-order valence-corrected chi connectivity index (χ0v) is 15.7. The summed E-state index contributed by atoms with van der Waals surface area (Å²) >= 11 is 0. The molecule has 5 nitrogen and oxygen atoms in total. The van der Waals surface area contributed by atoms with Crippen molar-refractivity contribution in [2.24, 2.45) is 5.92 Å². The Morgan fingerprint density at radius 3 is 2.36 bits per heavy atom. The van der Waals surface area contributed by atoms with E-state index < -0.39 is 18.1 Å². The molecule has 28 heavy (non-hydrogen) atoms. The Bertz CT molecular complexity index is 625. The second-order valence-electron chi connectivity index (χ2n) is 6.97. The second-order valence-corrected chi connectivity index (χ2v) is 6.97. The molecule has 1 aliphatic carbocycles. The summed E-state index contributed by atoms with van der Waals surface area (Å²) in [5.41, 5.74) is 1.08. The predicted molar refractivity (Wildman–Crippen MR) is 96.9 cm³/mol. The minimum absolute atomic E-state index is 0.132. The van der Waals surface area contributed by atoms with Crippen LogP contribution in [0.15, 0.2) is 24.3 Å². The number of ether oxygens (including phenoxy) is 2. The van der Waals surface area contributed by atoms with Crippen LogP contribution in [0, 0.1) is 5.92 Å². The topological polar surface area (TPSA) is 64.6 Å². The maximum atomic E-state index is 12.0. The van der Waals surface area contributed by atoms with Crippen LogP contribution < -0.4 is 10.1 Å². The monoisotopic (exact) mass is 401 g/mol. The number of carbonyl (C=O) groups excluding carboxylic acids is 2. The number of carbonyl (C=O) groups is 2. The fourth-order valence-corrected chi connectivity index (χ4v) is 3.08. The van der Waals surface area contributed by atoms with E-state index in [9.17, 15) is 22.8 Å². The van der Waals surface area contributed by atoms with Gasteiger partial charge in [0, 0.05) is 6.54 Å². The Kier molecular flexibility index (Phi) is 8.76. The lowest BCUT2D eigenvalue weighted by molar-refractivity contribution is -0.201. The summed E-state index contributed by atoms with van der Waals surface area (Å²) in [5.74, 6) is -2.19. The highest BCUT2D eigenvalue weighted by molar-refractivity contribution is 5.88. The molecule has 1 fully saturated rings. The van der Waals surface area contributed by atoms with E-state index in [0.717, 1.165) is 17.9 Å². The third-order valence-corrected chi connectivity index (χ3v) is 4.67. The maximum Gasteiger partial charge on any atom is 0.491 e. The van der Waals surface area contributed by atoms with Gasteiger partial charge in [0.05, 0.1) is 13.0 Å². The van der Waals surface area contributed by atoms with E-state index in [-0.39, 0.29) is 13.0 Å². The van der Waals surface area contributed by atoms with Gasteiger partial charge in [-0.1, -0.05) is 31.4 Å². The van der Waals surface area contributed by atoms with Gasteiger partial charge in [-0.3, -0.25) is 4.79 Å². The molecule has 0 bridgehead atoms. The zero-order chi connectivity index (χ0) is 20.4. The fourth-order valence-electron chi connectivity index (χ4n) is 3.08. The van der Waals surface area contributed by atoms with Crippen molar-refractivity contribution in [2.75, 3.05) is 19.7 Å². The van der Waals surface area contributed by atoms with Gasteiger partial charge in [0.2, 0.25) is 0 Å². The number of rotatable bonds is 9. The van der Waals surface area contributed by atoms with E-state index in [1.165, 1.54) is 32.1 Å². The lowest BCUT2D eigenvalue weighted by atomic mass is 9.90. The van der Waals surface area contributed by atoms with Gasteiger partial charge in [0.1, 0.15) is 5.75 Å². The molecule has 0 unspecified atom stereocenters. The van der Waals surface area contributed by atoms with Gasteiger partial charge in [-0.25, -0.2) is 4.79 Å². The molecule has 1 aliphatic rings. The van der Waals surface area contributed by atoms with E-state index in [4.69, 9.17) is 4.74 Å². The first-order valence-corrected chi connectivity index (χ1v) is 9.59. The van der Waals surface area contributed by atoms with Gasteiger partial charge in [0.25, 0.3) is 0 Å². The molecule has 1 saturated carbocycles. The van der Waals surface area contributed by atoms with Crippen molar-refractivity contribution in [2.45, 2.75) is 51.1 Å². The van der Waals surface area contributed by atoms with Crippen molar-refractivity contribution in [3.63, 3.8) is 0 Å². The zero-order valence-electron chi connectivity index (χ0n) is 15.7. The van der Waals surface area contributed by atoms with Crippen molar-refractivity contribution < 1.29 is 32.2 Å². The first kappa shape index (κ1) is 22.2. The molecule has 0 aliphatic heterocycles. The van der Waals surface area contributed by atoms with Gasteiger partial charge in [-0.2, -0.15) is 13.2 Å². The molecule has 0 heterocycles. The molecule has 0 aromatic heterocycles. The summed E-state index contributed by atoms with van der Waals surface area (Å²) < 4.78 is 45.4. The molecule has 0 amide bonds. The molecule has 1 aromatic carbocycles. The Balaban J connectivity index is 1.57. The third-order valence-electron chi connectivity index (χ3n) is 4.67. The molecule has 2 rings (SSSR count). The van der Waals surface area contributed by atoms with Crippen LogP contribution in [0.25, 0.3) is 0 Å². The number of esters is 2. The molecule has 8 heteroatoms. The molecule has 1 N–H and O–H groups in total. The summed E-state index contributed by atoms with van der Waals surface area (Å²) in [6.45, 7) is 1.43. The average Bonchev–Trinajstić information content (AvgIpc) is 2.67. The van der Waals surface area contributed by atoms with Crippen molar-refractivity contribution in [1.29, 1.82) is 0 Å². The Morgan fingerprint density at radius 1 is 1.04 bits per heavy atom. The van der Waals surface area contributed by atoms with E-state index in [1.807, 2.05) is 24.3 Å². The van der Waals surface area contributed by atoms with Crippen LogP contribution in [0.4, 0.5) is 13.2 Å².